The van der Waals surface area contributed by atoms with Gasteiger partial charge in [-0.25, -0.2) is 4.79 Å². The largest absolute Gasteiger partial charge is 0.465 e. The van der Waals surface area contributed by atoms with Crippen molar-refractivity contribution < 1.29 is 15.0 Å². The summed E-state index contributed by atoms with van der Waals surface area (Å²) in [5.41, 5.74) is -0.673. The summed E-state index contributed by atoms with van der Waals surface area (Å²) < 4.78 is 0. The number of aliphatic hydroxyl groups is 1. The third-order valence-corrected chi connectivity index (χ3v) is 2.05. The highest BCUT2D eigenvalue weighted by Crippen LogP contribution is 2.28. The van der Waals surface area contributed by atoms with E-state index in [0.29, 0.717) is 12.8 Å². The second-order valence-electron chi connectivity index (χ2n) is 3.39. The molecule has 11 heavy (non-hydrogen) atoms. The average molecular weight is 159 g/mol. The van der Waals surface area contributed by atoms with Crippen molar-refractivity contribution in [3.05, 3.63) is 0 Å². The molecule has 64 valence electrons. The van der Waals surface area contributed by atoms with E-state index in [4.69, 9.17) is 5.11 Å². The first-order valence-corrected chi connectivity index (χ1v) is 3.71. The summed E-state index contributed by atoms with van der Waals surface area (Å²) in [7, 11) is 0. The van der Waals surface area contributed by atoms with E-state index in [9.17, 15) is 9.90 Å². The SMILES string of the molecule is C[C@@]1(O)CC[C@@H](NC(=O)O)C1. The van der Waals surface area contributed by atoms with E-state index in [1.807, 2.05) is 0 Å². The lowest BCUT2D eigenvalue weighted by molar-refractivity contribution is 0.0655. The van der Waals surface area contributed by atoms with E-state index >= 15 is 0 Å². The van der Waals surface area contributed by atoms with Crippen LogP contribution in [0.15, 0.2) is 0 Å². The number of carbonyl (C=O) groups is 1. The van der Waals surface area contributed by atoms with Crippen LogP contribution in [0, 0.1) is 0 Å². The fourth-order valence-corrected chi connectivity index (χ4v) is 1.52. The van der Waals surface area contributed by atoms with E-state index in [2.05, 4.69) is 5.32 Å². The van der Waals surface area contributed by atoms with Gasteiger partial charge >= 0.3 is 6.09 Å². The van der Waals surface area contributed by atoms with Crippen molar-refractivity contribution >= 4 is 6.09 Å². The topological polar surface area (TPSA) is 69.6 Å². The summed E-state index contributed by atoms with van der Waals surface area (Å²) in [5.74, 6) is 0. The van der Waals surface area contributed by atoms with Gasteiger partial charge in [-0.2, -0.15) is 0 Å². The first-order valence-electron chi connectivity index (χ1n) is 3.71. The Hall–Kier alpha value is -0.770. The first kappa shape index (κ1) is 8.33. The summed E-state index contributed by atoms with van der Waals surface area (Å²) in [6, 6.07) is -0.0671. The van der Waals surface area contributed by atoms with Crippen LogP contribution in [-0.2, 0) is 0 Å². The molecule has 1 aliphatic rings. The smallest absolute Gasteiger partial charge is 0.404 e. The van der Waals surface area contributed by atoms with E-state index in [0.717, 1.165) is 6.42 Å². The molecule has 1 rings (SSSR count). The molecular formula is C7H13NO3. The molecule has 0 unspecified atom stereocenters. The van der Waals surface area contributed by atoms with Gasteiger partial charge in [0.15, 0.2) is 0 Å². The normalized spacial score (nSPS) is 37.1. The molecule has 1 aliphatic carbocycles. The summed E-state index contributed by atoms with van der Waals surface area (Å²) in [6.07, 6.45) is 0.934. The zero-order valence-corrected chi connectivity index (χ0v) is 6.50. The molecule has 0 bridgehead atoms. The number of hydrogen-bond donors (Lipinski definition) is 3. The molecule has 0 aromatic heterocycles. The van der Waals surface area contributed by atoms with Gasteiger partial charge in [0, 0.05) is 6.04 Å². The molecule has 3 N–H and O–H groups in total. The minimum atomic E-state index is -1.01. The van der Waals surface area contributed by atoms with Crippen molar-refractivity contribution in [2.45, 2.75) is 37.8 Å². The highest BCUT2D eigenvalue weighted by atomic mass is 16.4. The lowest BCUT2D eigenvalue weighted by atomic mass is 10.1. The maximum Gasteiger partial charge on any atom is 0.404 e. The van der Waals surface area contributed by atoms with Gasteiger partial charge in [-0.05, 0) is 26.2 Å². The van der Waals surface area contributed by atoms with Crippen molar-refractivity contribution in [1.29, 1.82) is 0 Å². The monoisotopic (exact) mass is 159 g/mol. The van der Waals surface area contributed by atoms with Gasteiger partial charge in [0.05, 0.1) is 5.60 Å². The van der Waals surface area contributed by atoms with Crippen LogP contribution in [0.2, 0.25) is 0 Å². The third-order valence-electron chi connectivity index (χ3n) is 2.05. The Bertz CT molecular complexity index is 167. The lowest BCUT2D eigenvalue weighted by Gasteiger charge is -2.15. The minimum Gasteiger partial charge on any atom is -0.465 e. The zero-order valence-electron chi connectivity index (χ0n) is 6.50. The van der Waals surface area contributed by atoms with Gasteiger partial charge in [-0.3, -0.25) is 0 Å². The Kier molecular flexibility index (Phi) is 2.04. The predicted molar refractivity (Wildman–Crippen MR) is 39.4 cm³/mol. The van der Waals surface area contributed by atoms with E-state index in [-0.39, 0.29) is 6.04 Å². The molecule has 0 aromatic rings. The predicted octanol–water partition coefficient (Wildman–Crippen LogP) is 0.557. The van der Waals surface area contributed by atoms with Crippen molar-refractivity contribution in [2.75, 3.05) is 0 Å². The Balaban J connectivity index is 2.36. The van der Waals surface area contributed by atoms with Gasteiger partial charge < -0.3 is 15.5 Å². The number of amides is 1. The average Bonchev–Trinajstić information content (AvgIpc) is 2.08. The summed E-state index contributed by atoms with van der Waals surface area (Å²) in [4.78, 5) is 10.2. The van der Waals surface area contributed by atoms with Crippen LogP contribution >= 0.6 is 0 Å². The van der Waals surface area contributed by atoms with Crippen LogP contribution in [0.5, 0.6) is 0 Å². The lowest BCUT2D eigenvalue weighted by Crippen LogP contribution is -2.33. The van der Waals surface area contributed by atoms with Gasteiger partial charge in [0.1, 0.15) is 0 Å². The second kappa shape index (κ2) is 2.70. The zero-order chi connectivity index (χ0) is 8.48. The second-order valence-corrected chi connectivity index (χ2v) is 3.39. The molecule has 0 radical (unpaired) electrons. The van der Waals surface area contributed by atoms with Crippen LogP contribution in [0.1, 0.15) is 26.2 Å². The summed E-state index contributed by atoms with van der Waals surface area (Å²) >= 11 is 0. The van der Waals surface area contributed by atoms with Crippen LogP contribution in [0.3, 0.4) is 0 Å². The molecule has 0 spiro atoms. The van der Waals surface area contributed by atoms with E-state index in [1.165, 1.54) is 0 Å². The standard InChI is InChI=1S/C7H13NO3/c1-7(11)3-2-5(4-7)8-6(9)10/h5,8,11H,2-4H2,1H3,(H,9,10)/t5-,7-/m1/s1. The van der Waals surface area contributed by atoms with Crippen molar-refractivity contribution in [2.24, 2.45) is 0 Å². The Morgan fingerprint density at radius 1 is 1.73 bits per heavy atom. The number of nitrogens with one attached hydrogen (secondary N) is 1. The molecule has 1 amide bonds. The molecule has 4 nitrogen and oxygen atoms in total. The fourth-order valence-electron chi connectivity index (χ4n) is 1.52. The van der Waals surface area contributed by atoms with E-state index in [1.54, 1.807) is 6.92 Å². The Labute approximate surface area is 65.2 Å². The maximum atomic E-state index is 10.2. The Morgan fingerprint density at radius 2 is 2.36 bits per heavy atom. The molecule has 0 saturated heterocycles. The van der Waals surface area contributed by atoms with Gasteiger partial charge in [-0.15, -0.1) is 0 Å². The number of carboxylic acid groups (broad SMARTS) is 1. The maximum absolute atomic E-state index is 10.2. The highest BCUT2D eigenvalue weighted by Gasteiger charge is 2.33. The highest BCUT2D eigenvalue weighted by molar-refractivity contribution is 5.64. The quantitative estimate of drug-likeness (QED) is 0.523. The Morgan fingerprint density at radius 3 is 2.73 bits per heavy atom. The van der Waals surface area contributed by atoms with Crippen molar-refractivity contribution in [1.82, 2.24) is 5.32 Å². The van der Waals surface area contributed by atoms with Crippen LogP contribution in [-0.4, -0.2) is 27.9 Å². The third kappa shape index (κ3) is 2.38. The molecular weight excluding hydrogens is 146 g/mol. The fraction of sp³-hybridized carbons (Fsp3) is 0.857. The molecule has 4 heteroatoms. The number of hydrogen-bond acceptors (Lipinski definition) is 2. The van der Waals surface area contributed by atoms with Crippen LogP contribution in [0.4, 0.5) is 4.79 Å². The van der Waals surface area contributed by atoms with Gasteiger partial charge in [0.25, 0.3) is 0 Å². The molecule has 0 heterocycles. The molecule has 0 aromatic carbocycles. The molecule has 2 atom stereocenters. The summed E-state index contributed by atoms with van der Waals surface area (Å²) in [6.45, 7) is 1.73. The molecule has 1 saturated carbocycles. The van der Waals surface area contributed by atoms with Gasteiger partial charge in [0.2, 0.25) is 0 Å². The minimum absolute atomic E-state index is 0.0671. The van der Waals surface area contributed by atoms with Crippen LogP contribution < -0.4 is 5.32 Å². The summed E-state index contributed by atoms with van der Waals surface area (Å²) in [5, 5.41) is 20.2. The van der Waals surface area contributed by atoms with Crippen LogP contribution in [0.25, 0.3) is 0 Å². The molecule has 0 aliphatic heterocycles. The van der Waals surface area contributed by atoms with Crippen molar-refractivity contribution in [3.63, 3.8) is 0 Å². The first-order chi connectivity index (χ1) is 4.99. The van der Waals surface area contributed by atoms with E-state index < -0.39 is 11.7 Å². The van der Waals surface area contributed by atoms with Gasteiger partial charge in [-0.1, -0.05) is 0 Å². The van der Waals surface area contributed by atoms with Crippen molar-refractivity contribution in [3.8, 4) is 0 Å². The molecule has 1 fully saturated rings. The number of rotatable bonds is 1.